The molecule has 0 N–H and O–H groups in total. The quantitative estimate of drug-likeness (QED) is 0.727. The third-order valence-electron chi connectivity index (χ3n) is 2.72. The first-order chi connectivity index (χ1) is 10.2. The predicted molar refractivity (Wildman–Crippen MR) is 80.2 cm³/mol. The van der Waals surface area contributed by atoms with Crippen LogP contribution in [0.15, 0.2) is 47.3 Å². The van der Waals surface area contributed by atoms with Crippen LogP contribution in [0.25, 0.3) is 5.69 Å². The minimum Gasteiger partial charge on any atom is -0.457 e. The molecular weight excluding hydrogens is 334 g/mol. The molecule has 21 heavy (non-hydrogen) atoms. The summed E-state index contributed by atoms with van der Waals surface area (Å²) in [5, 5.41) is 8.15. The summed E-state index contributed by atoms with van der Waals surface area (Å²) in [6.07, 6.45) is 5.23. The summed E-state index contributed by atoms with van der Waals surface area (Å²) in [7, 11) is 0. The molecule has 0 amide bonds. The molecule has 0 aliphatic heterocycles. The maximum atomic E-state index is 5.47. The van der Waals surface area contributed by atoms with Gasteiger partial charge in [0.05, 0.1) is 11.9 Å². The van der Waals surface area contributed by atoms with Crippen molar-refractivity contribution in [3.8, 4) is 11.7 Å². The average molecular weight is 346 g/mol. The Morgan fingerprint density at radius 2 is 2.05 bits per heavy atom. The van der Waals surface area contributed by atoms with E-state index in [4.69, 9.17) is 4.74 Å². The summed E-state index contributed by atoms with van der Waals surface area (Å²) in [6, 6.07) is 8.14. The summed E-state index contributed by atoms with van der Waals surface area (Å²) < 4.78 is 8.15. The van der Waals surface area contributed by atoms with Crippen LogP contribution >= 0.6 is 15.9 Å². The third-order valence-corrected chi connectivity index (χ3v) is 3.21. The van der Waals surface area contributed by atoms with Gasteiger partial charge in [0.25, 0.3) is 0 Å². The van der Waals surface area contributed by atoms with E-state index in [9.17, 15) is 0 Å². The van der Waals surface area contributed by atoms with E-state index < -0.39 is 0 Å². The first-order valence-electron chi connectivity index (χ1n) is 6.29. The largest absolute Gasteiger partial charge is 0.457 e. The molecule has 106 valence electrons. The number of rotatable bonds is 4. The fourth-order valence-electron chi connectivity index (χ4n) is 1.70. The Labute approximate surface area is 129 Å². The van der Waals surface area contributed by atoms with Crippen LogP contribution in [0.1, 0.15) is 11.3 Å². The molecule has 7 heteroatoms. The van der Waals surface area contributed by atoms with Crippen molar-refractivity contribution < 1.29 is 4.74 Å². The van der Waals surface area contributed by atoms with Crippen LogP contribution in [0, 0.1) is 6.92 Å². The van der Waals surface area contributed by atoms with E-state index in [0.717, 1.165) is 15.7 Å². The number of aryl methyl sites for hydroxylation is 1. The minimum absolute atomic E-state index is 0.275. The Bertz CT molecular complexity index is 741. The molecule has 0 aliphatic carbocycles. The molecule has 3 rings (SSSR count). The lowest BCUT2D eigenvalue weighted by Gasteiger charge is -2.01. The van der Waals surface area contributed by atoms with E-state index in [1.807, 2.05) is 37.4 Å². The highest BCUT2D eigenvalue weighted by molar-refractivity contribution is 9.10. The first kappa shape index (κ1) is 13.7. The highest BCUT2D eigenvalue weighted by Gasteiger charge is 2.05. The predicted octanol–water partition coefficient (Wildman–Crippen LogP) is 2.71. The molecule has 0 bridgehead atoms. The molecular formula is C14H12BrN5O. The van der Waals surface area contributed by atoms with Gasteiger partial charge < -0.3 is 4.74 Å². The average Bonchev–Trinajstić information content (AvgIpc) is 2.96. The molecule has 1 aromatic carbocycles. The van der Waals surface area contributed by atoms with Crippen molar-refractivity contribution in [2.75, 3.05) is 0 Å². The molecule has 0 atom stereocenters. The summed E-state index contributed by atoms with van der Waals surface area (Å²) >= 11 is 3.43. The number of benzene rings is 1. The third kappa shape index (κ3) is 3.43. The van der Waals surface area contributed by atoms with Crippen LogP contribution in [0.2, 0.25) is 0 Å². The lowest BCUT2D eigenvalue weighted by atomic mass is 10.3. The van der Waals surface area contributed by atoms with E-state index in [2.05, 4.69) is 36.2 Å². The Kier molecular flexibility index (Phi) is 3.92. The van der Waals surface area contributed by atoms with Crippen LogP contribution in [-0.4, -0.2) is 25.0 Å². The molecule has 0 radical (unpaired) electrons. The van der Waals surface area contributed by atoms with Gasteiger partial charge in [0, 0.05) is 16.9 Å². The van der Waals surface area contributed by atoms with Gasteiger partial charge in [-0.2, -0.15) is 0 Å². The Balaban J connectivity index is 1.69. The maximum Gasteiger partial charge on any atom is 0.316 e. The first-order valence-corrected chi connectivity index (χ1v) is 7.08. The van der Waals surface area contributed by atoms with Gasteiger partial charge in [0.2, 0.25) is 0 Å². The van der Waals surface area contributed by atoms with Gasteiger partial charge in [-0.1, -0.05) is 27.2 Å². The monoisotopic (exact) mass is 345 g/mol. The molecule has 0 fully saturated rings. The smallest absolute Gasteiger partial charge is 0.316 e. The van der Waals surface area contributed by atoms with Crippen molar-refractivity contribution in [3.05, 3.63) is 58.6 Å². The summed E-state index contributed by atoms with van der Waals surface area (Å²) in [4.78, 5) is 8.15. The van der Waals surface area contributed by atoms with Gasteiger partial charge in [-0.15, -0.1) is 5.10 Å². The fourth-order valence-corrected chi connectivity index (χ4v) is 2.09. The zero-order valence-corrected chi connectivity index (χ0v) is 12.9. The lowest BCUT2D eigenvalue weighted by molar-refractivity contribution is 0.276. The normalized spacial score (nSPS) is 10.6. The SMILES string of the molecule is Cc1cnc(OCc2cn(-c3cccc(Br)c3)nn2)nc1. The van der Waals surface area contributed by atoms with Crippen LogP contribution in [-0.2, 0) is 6.61 Å². The molecule has 0 aliphatic rings. The van der Waals surface area contributed by atoms with Crippen LogP contribution in [0.3, 0.4) is 0 Å². The molecule has 0 unspecified atom stereocenters. The van der Waals surface area contributed by atoms with Gasteiger partial charge in [-0.3, -0.25) is 0 Å². The Morgan fingerprint density at radius 1 is 1.24 bits per heavy atom. The Hall–Kier alpha value is -2.28. The highest BCUT2D eigenvalue weighted by Crippen LogP contribution is 2.15. The standard InChI is InChI=1S/C14H12BrN5O/c1-10-6-16-14(17-7-10)21-9-12-8-20(19-18-12)13-4-2-3-11(15)5-13/h2-8H,9H2,1H3. The molecule has 2 aromatic heterocycles. The van der Waals surface area contributed by atoms with E-state index in [-0.39, 0.29) is 6.61 Å². The summed E-state index contributed by atoms with van der Waals surface area (Å²) in [5.74, 6) is 0. The van der Waals surface area contributed by atoms with Crippen LogP contribution < -0.4 is 4.74 Å². The zero-order chi connectivity index (χ0) is 14.7. The van der Waals surface area contributed by atoms with Gasteiger partial charge in [0.1, 0.15) is 12.3 Å². The number of ether oxygens (including phenoxy) is 1. The molecule has 0 spiro atoms. The topological polar surface area (TPSA) is 65.7 Å². The van der Waals surface area contributed by atoms with Crippen molar-refractivity contribution in [1.82, 2.24) is 25.0 Å². The van der Waals surface area contributed by atoms with E-state index in [1.54, 1.807) is 17.1 Å². The number of halogens is 1. The van der Waals surface area contributed by atoms with E-state index >= 15 is 0 Å². The summed E-state index contributed by atoms with van der Waals surface area (Å²) in [6.45, 7) is 2.20. The molecule has 0 saturated carbocycles. The summed E-state index contributed by atoms with van der Waals surface area (Å²) in [5.41, 5.74) is 2.62. The van der Waals surface area contributed by atoms with Crippen LogP contribution in [0.5, 0.6) is 6.01 Å². The molecule has 3 aromatic rings. The lowest BCUT2D eigenvalue weighted by Crippen LogP contribution is -1.99. The van der Waals surface area contributed by atoms with Gasteiger partial charge in [0.15, 0.2) is 0 Å². The van der Waals surface area contributed by atoms with E-state index in [1.165, 1.54) is 0 Å². The van der Waals surface area contributed by atoms with Crippen molar-refractivity contribution in [3.63, 3.8) is 0 Å². The minimum atomic E-state index is 0.275. The second kappa shape index (κ2) is 6.01. The number of hydrogen-bond acceptors (Lipinski definition) is 5. The molecule has 0 saturated heterocycles. The van der Waals surface area contributed by atoms with Crippen molar-refractivity contribution in [2.24, 2.45) is 0 Å². The van der Waals surface area contributed by atoms with Crippen molar-refractivity contribution in [2.45, 2.75) is 13.5 Å². The fraction of sp³-hybridized carbons (Fsp3) is 0.143. The number of nitrogens with zero attached hydrogens (tertiary/aromatic N) is 5. The van der Waals surface area contributed by atoms with Gasteiger partial charge >= 0.3 is 6.01 Å². The second-order valence-corrected chi connectivity index (χ2v) is 5.38. The molecule has 2 heterocycles. The van der Waals surface area contributed by atoms with Gasteiger partial charge in [-0.25, -0.2) is 14.6 Å². The number of aromatic nitrogens is 5. The van der Waals surface area contributed by atoms with Crippen LogP contribution in [0.4, 0.5) is 0 Å². The zero-order valence-electron chi connectivity index (χ0n) is 11.3. The second-order valence-electron chi connectivity index (χ2n) is 4.47. The van der Waals surface area contributed by atoms with E-state index in [0.29, 0.717) is 11.7 Å². The highest BCUT2D eigenvalue weighted by atomic mass is 79.9. The number of hydrogen-bond donors (Lipinski definition) is 0. The van der Waals surface area contributed by atoms with Crippen molar-refractivity contribution >= 4 is 15.9 Å². The Morgan fingerprint density at radius 3 is 2.81 bits per heavy atom. The molecule has 6 nitrogen and oxygen atoms in total. The van der Waals surface area contributed by atoms with Crippen molar-refractivity contribution in [1.29, 1.82) is 0 Å². The maximum absolute atomic E-state index is 5.47. The van der Waals surface area contributed by atoms with Gasteiger partial charge in [-0.05, 0) is 30.7 Å².